The number of amides is 2. The van der Waals surface area contributed by atoms with Crippen LogP contribution in [0.1, 0.15) is 37.0 Å². The van der Waals surface area contributed by atoms with Crippen molar-refractivity contribution in [2.75, 3.05) is 7.11 Å². The van der Waals surface area contributed by atoms with Gasteiger partial charge in [-0.2, -0.15) is 0 Å². The third kappa shape index (κ3) is 7.96. The molecule has 0 aromatic heterocycles. The van der Waals surface area contributed by atoms with Gasteiger partial charge in [0.2, 0.25) is 11.8 Å². The maximum atomic E-state index is 13.8. The summed E-state index contributed by atoms with van der Waals surface area (Å²) in [7, 11) is 1.62. The quantitative estimate of drug-likeness (QED) is 0.349. The first kappa shape index (κ1) is 26.5. The predicted octanol–water partition coefficient (Wildman–Crippen LogP) is 5.56. The van der Waals surface area contributed by atoms with Crippen LogP contribution < -0.4 is 10.1 Å². The van der Waals surface area contributed by atoms with Crippen LogP contribution in [0.3, 0.4) is 0 Å². The molecule has 5 nitrogen and oxygen atoms in total. The normalized spacial score (nSPS) is 12.5. The van der Waals surface area contributed by atoms with Crippen molar-refractivity contribution in [3.63, 3.8) is 0 Å². The summed E-state index contributed by atoms with van der Waals surface area (Å²) in [5.74, 6) is 0.499. The van der Waals surface area contributed by atoms with E-state index in [4.69, 9.17) is 4.74 Å². The summed E-state index contributed by atoms with van der Waals surface area (Å²) >= 11 is 3.52. The van der Waals surface area contributed by atoms with Crippen molar-refractivity contribution < 1.29 is 14.3 Å². The van der Waals surface area contributed by atoms with Crippen molar-refractivity contribution in [3.05, 3.63) is 100 Å². The fourth-order valence-corrected chi connectivity index (χ4v) is 4.29. The van der Waals surface area contributed by atoms with Gasteiger partial charge in [0.1, 0.15) is 11.8 Å². The highest BCUT2D eigenvalue weighted by Crippen LogP contribution is 2.20. The monoisotopic (exact) mass is 536 g/mol. The summed E-state index contributed by atoms with van der Waals surface area (Å²) in [6.07, 6.45) is 1.45. The van der Waals surface area contributed by atoms with Crippen molar-refractivity contribution in [1.29, 1.82) is 0 Å². The molecule has 0 saturated carbocycles. The van der Waals surface area contributed by atoms with Gasteiger partial charge in [-0.1, -0.05) is 77.5 Å². The lowest BCUT2D eigenvalue weighted by Crippen LogP contribution is -2.52. The Labute approximate surface area is 216 Å². The molecule has 3 aromatic carbocycles. The molecule has 2 atom stereocenters. The Morgan fingerprint density at radius 2 is 1.63 bits per heavy atom. The van der Waals surface area contributed by atoms with E-state index in [0.29, 0.717) is 13.0 Å². The van der Waals surface area contributed by atoms with Crippen LogP contribution in [0.2, 0.25) is 0 Å². The molecule has 2 unspecified atom stereocenters. The van der Waals surface area contributed by atoms with Crippen LogP contribution in [-0.4, -0.2) is 35.9 Å². The molecule has 0 spiro atoms. The fourth-order valence-electron chi connectivity index (χ4n) is 3.85. The molecule has 0 aliphatic carbocycles. The van der Waals surface area contributed by atoms with Gasteiger partial charge >= 0.3 is 0 Å². The molecule has 0 aliphatic rings. The summed E-state index contributed by atoms with van der Waals surface area (Å²) in [6, 6.07) is 24.5. The number of carbonyl (C=O) groups excluding carboxylic acids is 2. The second-order valence-corrected chi connectivity index (χ2v) is 9.62. The van der Waals surface area contributed by atoms with Gasteiger partial charge in [0.25, 0.3) is 0 Å². The molecule has 1 N–H and O–H groups in total. The van der Waals surface area contributed by atoms with Crippen molar-refractivity contribution >= 4 is 27.7 Å². The Balaban J connectivity index is 1.95. The first-order chi connectivity index (χ1) is 16.9. The van der Waals surface area contributed by atoms with Crippen LogP contribution in [0.25, 0.3) is 0 Å². The fraction of sp³-hybridized carbons (Fsp3) is 0.310. The SMILES string of the molecule is CCC(C)NC(=O)C(Cc1ccccc1)N(Cc1cccc(Br)c1)C(=O)Cc1ccc(OC)cc1. The van der Waals surface area contributed by atoms with Gasteiger partial charge in [0, 0.05) is 23.5 Å². The van der Waals surface area contributed by atoms with Gasteiger partial charge in [-0.25, -0.2) is 0 Å². The number of nitrogens with one attached hydrogen (secondary N) is 1. The number of hydrogen-bond acceptors (Lipinski definition) is 3. The van der Waals surface area contributed by atoms with Gasteiger partial charge in [-0.05, 0) is 54.3 Å². The van der Waals surface area contributed by atoms with Gasteiger partial charge in [-0.3, -0.25) is 9.59 Å². The average Bonchev–Trinajstić information content (AvgIpc) is 2.87. The Morgan fingerprint density at radius 1 is 0.943 bits per heavy atom. The first-order valence-corrected chi connectivity index (χ1v) is 12.7. The lowest BCUT2D eigenvalue weighted by Gasteiger charge is -2.32. The number of methoxy groups -OCH3 is 1. The highest BCUT2D eigenvalue weighted by molar-refractivity contribution is 9.10. The number of halogens is 1. The van der Waals surface area contributed by atoms with Crippen molar-refractivity contribution in [2.24, 2.45) is 0 Å². The molecule has 0 aliphatic heterocycles. The number of ether oxygens (including phenoxy) is 1. The molecule has 184 valence electrons. The van der Waals surface area contributed by atoms with Gasteiger partial charge < -0.3 is 15.0 Å². The molecular formula is C29H33BrN2O3. The highest BCUT2D eigenvalue weighted by Gasteiger charge is 2.31. The predicted molar refractivity (Wildman–Crippen MR) is 143 cm³/mol. The lowest BCUT2D eigenvalue weighted by atomic mass is 10.0. The van der Waals surface area contributed by atoms with Gasteiger partial charge in [0.05, 0.1) is 13.5 Å². The topological polar surface area (TPSA) is 58.6 Å². The zero-order valence-electron chi connectivity index (χ0n) is 20.5. The molecule has 6 heteroatoms. The first-order valence-electron chi connectivity index (χ1n) is 11.9. The Kier molecular flexibility index (Phi) is 9.91. The van der Waals surface area contributed by atoms with Crippen LogP contribution in [-0.2, 0) is 29.0 Å². The summed E-state index contributed by atoms with van der Waals surface area (Å²) < 4.78 is 6.17. The van der Waals surface area contributed by atoms with Crippen LogP contribution >= 0.6 is 15.9 Å². The minimum Gasteiger partial charge on any atom is -0.497 e. The standard InChI is InChI=1S/C29H33BrN2O3/c1-4-21(2)31-29(34)27(18-22-9-6-5-7-10-22)32(20-24-11-8-12-25(30)17-24)28(33)19-23-13-15-26(35-3)16-14-23/h5-17,21,27H,4,18-20H2,1-3H3,(H,31,34). The summed E-state index contributed by atoms with van der Waals surface area (Å²) in [5.41, 5.74) is 2.83. The van der Waals surface area contributed by atoms with E-state index in [1.807, 2.05) is 92.7 Å². The van der Waals surface area contributed by atoms with E-state index in [9.17, 15) is 9.59 Å². The molecule has 2 amide bonds. The smallest absolute Gasteiger partial charge is 0.243 e. The van der Waals surface area contributed by atoms with Gasteiger partial charge in [-0.15, -0.1) is 0 Å². The van der Waals surface area contributed by atoms with Gasteiger partial charge in [0.15, 0.2) is 0 Å². The largest absolute Gasteiger partial charge is 0.497 e. The third-order valence-electron chi connectivity index (χ3n) is 6.03. The second kappa shape index (κ2) is 13.1. The molecule has 0 fully saturated rings. The number of nitrogens with zero attached hydrogens (tertiary/aromatic N) is 1. The Bertz CT molecular complexity index is 1100. The van der Waals surface area contributed by atoms with Crippen LogP contribution in [0, 0.1) is 0 Å². The maximum absolute atomic E-state index is 13.8. The zero-order chi connectivity index (χ0) is 25.2. The highest BCUT2D eigenvalue weighted by atomic mass is 79.9. The Hall–Kier alpha value is -3.12. The maximum Gasteiger partial charge on any atom is 0.243 e. The van der Waals surface area contributed by atoms with Crippen LogP contribution in [0.4, 0.5) is 0 Å². The van der Waals surface area contributed by atoms with E-state index in [0.717, 1.165) is 33.3 Å². The summed E-state index contributed by atoms with van der Waals surface area (Å²) in [5, 5.41) is 3.10. The molecule has 35 heavy (non-hydrogen) atoms. The van der Waals surface area contributed by atoms with Crippen molar-refractivity contribution in [1.82, 2.24) is 10.2 Å². The molecule has 0 radical (unpaired) electrons. The second-order valence-electron chi connectivity index (χ2n) is 8.70. The van der Waals surface area contributed by atoms with E-state index in [2.05, 4.69) is 21.2 Å². The minimum atomic E-state index is -0.642. The van der Waals surface area contributed by atoms with E-state index < -0.39 is 6.04 Å². The van der Waals surface area contributed by atoms with Crippen LogP contribution in [0.5, 0.6) is 5.75 Å². The Morgan fingerprint density at radius 3 is 2.26 bits per heavy atom. The van der Waals surface area contributed by atoms with E-state index in [-0.39, 0.29) is 24.3 Å². The van der Waals surface area contributed by atoms with Crippen molar-refractivity contribution in [3.8, 4) is 5.75 Å². The molecular weight excluding hydrogens is 504 g/mol. The average molecular weight is 537 g/mol. The number of benzene rings is 3. The minimum absolute atomic E-state index is 0.0187. The van der Waals surface area contributed by atoms with Crippen LogP contribution in [0.15, 0.2) is 83.3 Å². The number of carbonyl (C=O) groups is 2. The number of hydrogen-bond donors (Lipinski definition) is 1. The van der Waals surface area contributed by atoms with E-state index >= 15 is 0 Å². The molecule has 3 rings (SSSR count). The summed E-state index contributed by atoms with van der Waals surface area (Å²) in [6.45, 7) is 4.35. The summed E-state index contributed by atoms with van der Waals surface area (Å²) in [4.78, 5) is 29.0. The molecule has 0 saturated heterocycles. The third-order valence-corrected chi connectivity index (χ3v) is 6.52. The zero-order valence-corrected chi connectivity index (χ0v) is 22.1. The molecule has 3 aromatic rings. The van der Waals surface area contributed by atoms with E-state index in [1.165, 1.54) is 0 Å². The molecule has 0 heterocycles. The lowest BCUT2D eigenvalue weighted by molar-refractivity contribution is -0.141. The number of rotatable bonds is 11. The van der Waals surface area contributed by atoms with E-state index in [1.54, 1.807) is 12.0 Å². The molecule has 0 bridgehead atoms. The van der Waals surface area contributed by atoms with Crippen molar-refractivity contribution in [2.45, 2.75) is 51.7 Å².